The predicted molar refractivity (Wildman–Crippen MR) is 145 cm³/mol. The van der Waals surface area contributed by atoms with Crippen molar-refractivity contribution in [1.82, 2.24) is 9.97 Å². The molecule has 0 bridgehead atoms. The Morgan fingerprint density at radius 3 is 2.55 bits per heavy atom. The second kappa shape index (κ2) is 11.1. The van der Waals surface area contributed by atoms with Gasteiger partial charge in [-0.15, -0.1) is 11.3 Å². The molecule has 0 spiro atoms. The van der Waals surface area contributed by atoms with Gasteiger partial charge in [-0.1, -0.05) is 42.5 Å². The zero-order chi connectivity index (χ0) is 26.6. The highest BCUT2D eigenvalue weighted by Crippen LogP contribution is 2.42. The van der Waals surface area contributed by atoms with E-state index in [0.717, 1.165) is 23.3 Å². The van der Waals surface area contributed by atoms with Crippen LogP contribution in [0.5, 0.6) is 0 Å². The summed E-state index contributed by atoms with van der Waals surface area (Å²) in [5.41, 5.74) is 3.78. The van der Waals surface area contributed by atoms with Crippen molar-refractivity contribution in [3.05, 3.63) is 88.1 Å². The number of nitrogens with one attached hydrogen (secondary N) is 1. The number of esters is 2. The van der Waals surface area contributed by atoms with Crippen LogP contribution < -0.4 is 5.32 Å². The molecule has 2 unspecified atom stereocenters. The van der Waals surface area contributed by atoms with Crippen LogP contribution in [0.4, 0.5) is 5.00 Å². The second-order valence-electron chi connectivity index (χ2n) is 9.06. The maximum absolute atomic E-state index is 13.1. The molecule has 1 N–H and O–H groups in total. The van der Waals surface area contributed by atoms with Gasteiger partial charge in [0.05, 0.1) is 29.4 Å². The minimum atomic E-state index is -1.12. The summed E-state index contributed by atoms with van der Waals surface area (Å²) in [6.45, 7) is 3.45. The Kier molecular flexibility index (Phi) is 7.46. The normalized spacial score (nSPS) is 15.4. The molecule has 194 valence electrons. The number of hydrogen-bond donors (Lipinski definition) is 1. The highest BCUT2D eigenvalue weighted by atomic mass is 32.1. The molecule has 38 heavy (non-hydrogen) atoms. The van der Waals surface area contributed by atoms with Crippen LogP contribution in [-0.2, 0) is 27.1 Å². The number of nitrogens with zero attached hydrogens (tertiary/aromatic N) is 2. The van der Waals surface area contributed by atoms with Crippen LogP contribution in [0, 0.1) is 0 Å². The Labute approximate surface area is 224 Å². The molecular formula is C29H27N3O5S. The van der Waals surface area contributed by atoms with E-state index in [9.17, 15) is 14.4 Å². The molecule has 9 heteroatoms. The Hall–Kier alpha value is -4.11. The molecule has 2 aromatic carbocycles. The summed E-state index contributed by atoms with van der Waals surface area (Å²) in [7, 11) is 0. The number of benzene rings is 2. The van der Waals surface area contributed by atoms with E-state index in [-0.39, 0.29) is 12.3 Å². The number of rotatable bonds is 7. The van der Waals surface area contributed by atoms with Gasteiger partial charge in [0.2, 0.25) is 0 Å². The third-order valence-corrected chi connectivity index (χ3v) is 7.73. The average molecular weight is 530 g/mol. The minimum absolute atomic E-state index is 0.00843. The predicted octanol–water partition coefficient (Wildman–Crippen LogP) is 5.32. The molecule has 8 nitrogen and oxygen atoms in total. The zero-order valence-electron chi connectivity index (χ0n) is 21.1. The topological polar surface area (TPSA) is 107 Å². The summed E-state index contributed by atoms with van der Waals surface area (Å²) >= 11 is 1.38. The van der Waals surface area contributed by atoms with Crippen LogP contribution in [0.15, 0.2) is 60.8 Å². The second-order valence-corrected chi connectivity index (χ2v) is 10.2. The fourth-order valence-electron chi connectivity index (χ4n) is 4.65. The number of para-hydroxylation sites is 2. The van der Waals surface area contributed by atoms with E-state index in [1.807, 2.05) is 24.3 Å². The number of carbonyl (C=O) groups is 3. The first-order valence-electron chi connectivity index (χ1n) is 12.5. The minimum Gasteiger partial charge on any atom is -0.462 e. The SMILES string of the molecule is CCOC(=O)c1c(NC(=O)C(C)OC(=O)c2cnc3ccccc3n2)sc2c1CCC(c1ccccc1)C2. The maximum Gasteiger partial charge on any atom is 0.359 e. The van der Waals surface area contributed by atoms with E-state index >= 15 is 0 Å². The van der Waals surface area contributed by atoms with Gasteiger partial charge in [0, 0.05) is 4.88 Å². The van der Waals surface area contributed by atoms with Gasteiger partial charge in [-0.2, -0.15) is 0 Å². The van der Waals surface area contributed by atoms with Crippen molar-refractivity contribution in [2.45, 2.75) is 45.1 Å². The number of ether oxygens (including phenoxy) is 2. The highest BCUT2D eigenvalue weighted by Gasteiger charge is 2.32. The summed E-state index contributed by atoms with van der Waals surface area (Å²) in [5, 5.41) is 3.23. The molecule has 0 saturated heterocycles. The number of aromatic nitrogens is 2. The van der Waals surface area contributed by atoms with Crippen molar-refractivity contribution in [3.63, 3.8) is 0 Å². The summed E-state index contributed by atoms with van der Waals surface area (Å²) in [4.78, 5) is 48.2. The molecule has 1 aliphatic carbocycles. The van der Waals surface area contributed by atoms with Crippen LogP contribution >= 0.6 is 11.3 Å². The van der Waals surface area contributed by atoms with Crippen LogP contribution in [0.1, 0.15) is 63.0 Å². The molecule has 4 aromatic rings. The molecular weight excluding hydrogens is 502 g/mol. The summed E-state index contributed by atoms with van der Waals surface area (Å²) in [5.74, 6) is -1.43. The molecule has 0 saturated carbocycles. The Morgan fingerprint density at radius 2 is 1.79 bits per heavy atom. The van der Waals surface area contributed by atoms with E-state index in [1.165, 1.54) is 30.0 Å². The molecule has 1 amide bonds. The number of amides is 1. The van der Waals surface area contributed by atoms with Gasteiger partial charge in [-0.3, -0.25) is 9.78 Å². The van der Waals surface area contributed by atoms with Gasteiger partial charge < -0.3 is 14.8 Å². The van der Waals surface area contributed by atoms with Crippen LogP contribution in [-0.4, -0.2) is 40.5 Å². The van der Waals surface area contributed by atoms with Crippen molar-refractivity contribution in [2.75, 3.05) is 11.9 Å². The van der Waals surface area contributed by atoms with E-state index in [0.29, 0.717) is 33.9 Å². The molecule has 0 radical (unpaired) electrons. The average Bonchev–Trinajstić information content (AvgIpc) is 3.30. The molecule has 2 aromatic heterocycles. The van der Waals surface area contributed by atoms with E-state index in [4.69, 9.17) is 9.47 Å². The summed E-state index contributed by atoms with van der Waals surface area (Å²) in [6, 6.07) is 17.5. The lowest BCUT2D eigenvalue weighted by atomic mass is 9.83. The standard InChI is InChI=1S/C29H27N3O5S/c1-3-36-29(35)25-20-14-13-19(18-9-5-4-6-10-18)15-24(20)38-27(25)32-26(33)17(2)37-28(34)23-16-30-21-11-7-8-12-22(21)31-23/h4-12,16-17,19H,3,13-15H2,1-2H3,(H,32,33). The molecule has 0 aliphatic heterocycles. The fraction of sp³-hybridized carbons (Fsp3) is 0.276. The van der Waals surface area contributed by atoms with Crippen molar-refractivity contribution in [3.8, 4) is 0 Å². The van der Waals surface area contributed by atoms with E-state index < -0.39 is 23.9 Å². The van der Waals surface area contributed by atoms with Gasteiger partial charge >= 0.3 is 11.9 Å². The number of anilines is 1. The monoisotopic (exact) mass is 529 g/mol. The van der Waals surface area contributed by atoms with Crippen molar-refractivity contribution < 1.29 is 23.9 Å². The first-order chi connectivity index (χ1) is 18.4. The third-order valence-electron chi connectivity index (χ3n) is 6.56. The van der Waals surface area contributed by atoms with Crippen LogP contribution in [0.25, 0.3) is 11.0 Å². The third kappa shape index (κ3) is 5.28. The van der Waals surface area contributed by atoms with E-state index in [2.05, 4.69) is 27.4 Å². The zero-order valence-corrected chi connectivity index (χ0v) is 21.9. The molecule has 2 atom stereocenters. The van der Waals surface area contributed by atoms with Crippen molar-refractivity contribution in [1.29, 1.82) is 0 Å². The van der Waals surface area contributed by atoms with Crippen LogP contribution in [0.3, 0.4) is 0 Å². The van der Waals surface area contributed by atoms with Gasteiger partial charge in [-0.25, -0.2) is 14.6 Å². The van der Waals surface area contributed by atoms with Gasteiger partial charge in [0.25, 0.3) is 5.91 Å². The number of hydrogen-bond acceptors (Lipinski definition) is 8. The Bertz CT molecular complexity index is 1500. The van der Waals surface area contributed by atoms with Gasteiger partial charge in [0.15, 0.2) is 11.8 Å². The van der Waals surface area contributed by atoms with Crippen molar-refractivity contribution >= 4 is 45.2 Å². The van der Waals surface area contributed by atoms with E-state index in [1.54, 1.807) is 25.1 Å². The molecule has 1 aliphatic rings. The lowest BCUT2D eigenvalue weighted by Gasteiger charge is -2.23. The fourth-order valence-corrected chi connectivity index (χ4v) is 5.96. The molecule has 5 rings (SSSR count). The number of fused-ring (bicyclic) bond motifs is 2. The smallest absolute Gasteiger partial charge is 0.359 e. The highest BCUT2D eigenvalue weighted by molar-refractivity contribution is 7.17. The first kappa shape index (κ1) is 25.5. The quantitative estimate of drug-likeness (QED) is 0.323. The van der Waals surface area contributed by atoms with Crippen molar-refractivity contribution in [2.24, 2.45) is 0 Å². The van der Waals surface area contributed by atoms with Gasteiger partial charge in [-0.05, 0) is 62.3 Å². The largest absolute Gasteiger partial charge is 0.462 e. The Morgan fingerprint density at radius 1 is 1.05 bits per heavy atom. The molecule has 2 heterocycles. The maximum atomic E-state index is 13.1. The van der Waals surface area contributed by atoms with Crippen LogP contribution in [0.2, 0.25) is 0 Å². The molecule has 0 fully saturated rings. The lowest BCUT2D eigenvalue weighted by Crippen LogP contribution is -2.30. The van der Waals surface area contributed by atoms with Gasteiger partial charge in [0.1, 0.15) is 5.00 Å². The number of thiophene rings is 1. The first-order valence-corrected chi connectivity index (χ1v) is 13.4. The Balaban J connectivity index is 1.33. The lowest BCUT2D eigenvalue weighted by molar-refractivity contribution is -0.123. The number of carbonyl (C=O) groups excluding carboxylic acids is 3. The summed E-state index contributed by atoms with van der Waals surface area (Å²) < 4.78 is 10.7. The summed E-state index contributed by atoms with van der Waals surface area (Å²) in [6.07, 6.45) is 2.58.